The number of carbonyl (C=O) groups excluding carboxylic acids is 2. The second kappa shape index (κ2) is 6.19. The molecule has 3 aliphatic rings. The fourth-order valence-corrected chi connectivity index (χ4v) is 3.98. The second-order valence-electron chi connectivity index (χ2n) is 7.79. The molecule has 2 N–H and O–H groups in total. The molecular formula is C17H29N3O2. The Bertz CT molecular complexity index is 435. The summed E-state index contributed by atoms with van der Waals surface area (Å²) >= 11 is 0. The van der Waals surface area contributed by atoms with Crippen LogP contribution in [0.4, 0.5) is 0 Å². The molecule has 0 bridgehead atoms. The van der Waals surface area contributed by atoms with Gasteiger partial charge in [0.2, 0.25) is 0 Å². The van der Waals surface area contributed by atoms with E-state index in [0.29, 0.717) is 19.0 Å². The first-order valence-electron chi connectivity index (χ1n) is 8.83. The maximum absolute atomic E-state index is 12.5. The van der Waals surface area contributed by atoms with Crippen molar-refractivity contribution in [3.8, 4) is 0 Å². The van der Waals surface area contributed by atoms with Gasteiger partial charge in [-0.05, 0) is 44.4 Å². The Hall–Kier alpha value is -1.10. The summed E-state index contributed by atoms with van der Waals surface area (Å²) in [4.78, 5) is 28.5. The van der Waals surface area contributed by atoms with Crippen LogP contribution in [0.5, 0.6) is 0 Å². The van der Waals surface area contributed by atoms with Crippen LogP contribution in [0.2, 0.25) is 0 Å². The number of nitrogens with zero attached hydrogens (tertiary/aromatic N) is 2. The molecule has 3 fully saturated rings. The summed E-state index contributed by atoms with van der Waals surface area (Å²) in [5, 5.41) is 0. The lowest BCUT2D eigenvalue weighted by atomic mass is 9.73. The third-order valence-corrected chi connectivity index (χ3v) is 5.94. The van der Waals surface area contributed by atoms with E-state index in [1.807, 2.05) is 11.8 Å². The Labute approximate surface area is 133 Å². The minimum Gasteiger partial charge on any atom is -0.334 e. The highest BCUT2D eigenvalue weighted by Crippen LogP contribution is 2.37. The Morgan fingerprint density at radius 1 is 0.909 bits per heavy atom. The molecule has 1 unspecified atom stereocenters. The van der Waals surface area contributed by atoms with Crippen molar-refractivity contribution in [3.63, 3.8) is 0 Å². The standard InChI is InChI=1S/C17H29N3O2/c1-17(18)7-10-19(11-8-17)15(21)16(22)20-9-3-6-14(12-20)13-4-2-5-13/h13-14H,2-12,18H2,1H3. The van der Waals surface area contributed by atoms with Crippen LogP contribution < -0.4 is 5.73 Å². The van der Waals surface area contributed by atoms with E-state index in [1.165, 1.54) is 25.7 Å². The molecule has 1 saturated carbocycles. The number of hydrogen-bond donors (Lipinski definition) is 1. The largest absolute Gasteiger partial charge is 0.334 e. The first-order valence-corrected chi connectivity index (χ1v) is 8.83. The van der Waals surface area contributed by atoms with E-state index in [0.717, 1.165) is 38.3 Å². The summed E-state index contributed by atoms with van der Waals surface area (Å²) in [5.41, 5.74) is 5.90. The van der Waals surface area contributed by atoms with E-state index in [-0.39, 0.29) is 17.4 Å². The zero-order valence-corrected chi connectivity index (χ0v) is 13.7. The van der Waals surface area contributed by atoms with Gasteiger partial charge in [-0.25, -0.2) is 0 Å². The van der Waals surface area contributed by atoms with Gasteiger partial charge in [0.1, 0.15) is 0 Å². The summed E-state index contributed by atoms with van der Waals surface area (Å²) in [6, 6.07) is 0. The fourth-order valence-electron chi connectivity index (χ4n) is 3.98. The molecule has 0 aromatic carbocycles. The molecule has 2 amide bonds. The van der Waals surface area contributed by atoms with Crippen LogP contribution in [0, 0.1) is 11.8 Å². The first-order chi connectivity index (χ1) is 10.5. The summed E-state index contributed by atoms with van der Waals surface area (Å²) in [5.74, 6) is 0.806. The van der Waals surface area contributed by atoms with Gasteiger partial charge in [0.15, 0.2) is 0 Å². The van der Waals surface area contributed by atoms with Crippen LogP contribution in [0.1, 0.15) is 51.9 Å². The van der Waals surface area contributed by atoms with E-state index in [4.69, 9.17) is 5.73 Å². The molecule has 124 valence electrons. The lowest BCUT2D eigenvalue weighted by molar-refractivity contribution is -0.154. The number of nitrogens with two attached hydrogens (primary N) is 1. The molecule has 2 aliphatic heterocycles. The Kier molecular flexibility index (Phi) is 4.44. The molecular weight excluding hydrogens is 278 g/mol. The molecule has 5 heteroatoms. The number of rotatable bonds is 1. The number of hydrogen-bond acceptors (Lipinski definition) is 3. The zero-order chi connectivity index (χ0) is 15.7. The third kappa shape index (κ3) is 3.29. The van der Waals surface area contributed by atoms with Gasteiger partial charge in [0, 0.05) is 31.7 Å². The number of piperidine rings is 2. The lowest BCUT2D eigenvalue weighted by Gasteiger charge is -2.41. The van der Waals surface area contributed by atoms with Crippen molar-refractivity contribution in [2.24, 2.45) is 17.6 Å². The summed E-state index contributed by atoms with van der Waals surface area (Å²) in [6.45, 7) is 4.77. The van der Waals surface area contributed by atoms with Gasteiger partial charge in [-0.3, -0.25) is 9.59 Å². The van der Waals surface area contributed by atoms with Crippen molar-refractivity contribution >= 4 is 11.8 Å². The Morgan fingerprint density at radius 3 is 2.09 bits per heavy atom. The molecule has 1 aliphatic carbocycles. The van der Waals surface area contributed by atoms with Gasteiger partial charge in [0.25, 0.3) is 0 Å². The highest BCUT2D eigenvalue weighted by Gasteiger charge is 2.37. The van der Waals surface area contributed by atoms with E-state index in [9.17, 15) is 9.59 Å². The van der Waals surface area contributed by atoms with Crippen LogP contribution in [0.15, 0.2) is 0 Å². The summed E-state index contributed by atoms with van der Waals surface area (Å²) in [6.07, 6.45) is 7.76. The van der Waals surface area contributed by atoms with Crippen LogP contribution in [0.25, 0.3) is 0 Å². The van der Waals surface area contributed by atoms with Crippen LogP contribution in [-0.4, -0.2) is 53.3 Å². The number of carbonyl (C=O) groups is 2. The molecule has 2 heterocycles. The highest BCUT2D eigenvalue weighted by atomic mass is 16.2. The van der Waals surface area contributed by atoms with Crippen molar-refractivity contribution in [1.82, 2.24) is 9.80 Å². The predicted octanol–water partition coefficient (Wildman–Crippen LogP) is 1.36. The zero-order valence-electron chi connectivity index (χ0n) is 13.7. The van der Waals surface area contributed by atoms with Crippen molar-refractivity contribution in [2.45, 2.75) is 57.4 Å². The van der Waals surface area contributed by atoms with Gasteiger partial charge < -0.3 is 15.5 Å². The topological polar surface area (TPSA) is 66.6 Å². The predicted molar refractivity (Wildman–Crippen MR) is 85.1 cm³/mol. The minimum atomic E-state index is -0.315. The van der Waals surface area contributed by atoms with Crippen molar-refractivity contribution < 1.29 is 9.59 Å². The van der Waals surface area contributed by atoms with Gasteiger partial charge in [0.05, 0.1) is 0 Å². The molecule has 1 atom stereocenters. The average molecular weight is 307 g/mol. The molecule has 3 rings (SSSR count). The van der Waals surface area contributed by atoms with Crippen LogP contribution >= 0.6 is 0 Å². The Balaban J connectivity index is 1.55. The molecule has 0 radical (unpaired) electrons. The molecule has 2 saturated heterocycles. The van der Waals surface area contributed by atoms with E-state index in [2.05, 4.69) is 0 Å². The fraction of sp³-hybridized carbons (Fsp3) is 0.882. The average Bonchev–Trinajstić information content (AvgIpc) is 2.44. The summed E-state index contributed by atoms with van der Waals surface area (Å²) in [7, 11) is 0. The normalized spacial score (nSPS) is 29.1. The highest BCUT2D eigenvalue weighted by molar-refractivity contribution is 6.34. The van der Waals surface area contributed by atoms with Crippen LogP contribution in [0.3, 0.4) is 0 Å². The molecule has 0 spiro atoms. The van der Waals surface area contributed by atoms with Crippen LogP contribution in [-0.2, 0) is 9.59 Å². The number of amides is 2. The molecule has 0 aromatic heterocycles. The van der Waals surface area contributed by atoms with Gasteiger partial charge in [-0.1, -0.05) is 19.3 Å². The maximum atomic E-state index is 12.5. The SMILES string of the molecule is CC1(N)CCN(C(=O)C(=O)N2CCCC(C3CCC3)C2)CC1. The van der Waals surface area contributed by atoms with E-state index in [1.54, 1.807) is 4.90 Å². The van der Waals surface area contributed by atoms with Crippen molar-refractivity contribution in [3.05, 3.63) is 0 Å². The smallest absolute Gasteiger partial charge is 0.312 e. The van der Waals surface area contributed by atoms with Gasteiger partial charge in [-0.2, -0.15) is 0 Å². The molecule has 22 heavy (non-hydrogen) atoms. The van der Waals surface area contributed by atoms with E-state index >= 15 is 0 Å². The van der Waals surface area contributed by atoms with Gasteiger partial charge in [-0.15, -0.1) is 0 Å². The summed E-state index contributed by atoms with van der Waals surface area (Å²) < 4.78 is 0. The molecule has 0 aromatic rings. The minimum absolute atomic E-state index is 0.194. The quantitative estimate of drug-likeness (QED) is 0.744. The third-order valence-electron chi connectivity index (χ3n) is 5.94. The maximum Gasteiger partial charge on any atom is 0.312 e. The monoisotopic (exact) mass is 307 g/mol. The lowest BCUT2D eigenvalue weighted by Crippen LogP contribution is -2.54. The number of likely N-dealkylation sites (tertiary alicyclic amines) is 2. The second-order valence-corrected chi connectivity index (χ2v) is 7.79. The van der Waals surface area contributed by atoms with Gasteiger partial charge >= 0.3 is 11.8 Å². The van der Waals surface area contributed by atoms with Crippen molar-refractivity contribution in [2.75, 3.05) is 26.2 Å². The Morgan fingerprint density at radius 2 is 1.50 bits per heavy atom. The van der Waals surface area contributed by atoms with E-state index < -0.39 is 0 Å². The molecule has 5 nitrogen and oxygen atoms in total. The first kappa shape index (κ1) is 15.8. The van der Waals surface area contributed by atoms with Crippen molar-refractivity contribution in [1.29, 1.82) is 0 Å².